The number of hydrogen-bond donors (Lipinski definition) is 1. The normalized spacial score (nSPS) is 10.3. The molecule has 0 saturated heterocycles. The van der Waals surface area contributed by atoms with Gasteiger partial charge in [0.25, 0.3) is 5.69 Å². The predicted octanol–water partition coefficient (Wildman–Crippen LogP) is 2.21. The first-order chi connectivity index (χ1) is 8.68. The summed E-state index contributed by atoms with van der Waals surface area (Å²) in [5.74, 6) is 0. The number of nitro benzene ring substituents is 1. The molecule has 2 rings (SSSR count). The summed E-state index contributed by atoms with van der Waals surface area (Å²) in [6.45, 7) is 3.21. The fraction of sp³-hybridized carbons (Fsp3) is 0.250. The molecule has 0 aliphatic carbocycles. The van der Waals surface area contributed by atoms with Crippen molar-refractivity contribution in [2.45, 2.75) is 13.5 Å². The van der Waals surface area contributed by atoms with E-state index in [1.54, 1.807) is 25.5 Å². The molecule has 0 amide bonds. The number of nitrogens with zero attached hydrogens (tertiary/aromatic N) is 3. The minimum atomic E-state index is -0.365. The number of rotatable bonds is 5. The highest BCUT2D eigenvalue weighted by Crippen LogP contribution is 2.24. The SMILES string of the molecule is Cc1c(NCCn2ccnc2)cccc1[N+](=O)[O-]. The van der Waals surface area contributed by atoms with Crippen molar-refractivity contribution in [3.05, 3.63) is 52.6 Å². The Kier molecular flexibility index (Phi) is 3.57. The van der Waals surface area contributed by atoms with Crippen molar-refractivity contribution in [3.8, 4) is 0 Å². The quantitative estimate of drug-likeness (QED) is 0.648. The maximum Gasteiger partial charge on any atom is 0.274 e. The smallest absolute Gasteiger partial charge is 0.274 e. The molecule has 18 heavy (non-hydrogen) atoms. The maximum absolute atomic E-state index is 10.8. The van der Waals surface area contributed by atoms with E-state index in [0.29, 0.717) is 12.1 Å². The lowest BCUT2D eigenvalue weighted by atomic mass is 10.1. The number of nitrogens with one attached hydrogen (secondary N) is 1. The summed E-state index contributed by atoms with van der Waals surface area (Å²) >= 11 is 0. The van der Waals surface area contributed by atoms with Crippen LogP contribution in [0.3, 0.4) is 0 Å². The standard InChI is InChI=1S/C12H14N4O2/c1-10-11(3-2-4-12(10)16(17)18)14-6-8-15-7-5-13-9-15/h2-5,7,9,14H,6,8H2,1H3. The molecule has 0 spiro atoms. The van der Waals surface area contributed by atoms with Gasteiger partial charge in [0, 0.05) is 42.8 Å². The van der Waals surface area contributed by atoms with Crippen LogP contribution in [-0.2, 0) is 6.54 Å². The third-order valence-electron chi connectivity index (χ3n) is 2.75. The summed E-state index contributed by atoms with van der Waals surface area (Å²) in [6.07, 6.45) is 5.34. The van der Waals surface area contributed by atoms with E-state index in [-0.39, 0.29) is 10.6 Å². The maximum atomic E-state index is 10.8. The third-order valence-corrected chi connectivity index (χ3v) is 2.75. The van der Waals surface area contributed by atoms with E-state index in [0.717, 1.165) is 12.2 Å². The molecule has 0 aliphatic rings. The number of imidazole rings is 1. The van der Waals surface area contributed by atoms with Gasteiger partial charge < -0.3 is 9.88 Å². The third kappa shape index (κ3) is 2.65. The van der Waals surface area contributed by atoms with Crippen LogP contribution in [0, 0.1) is 17.0 Å². The Morgan fingerprint density at radius 2 is 2.33 bits per heavy atom. The predicted molar refractivity (Wildman–Crippen MR) is 68.6 cm³/mol. The lowest BCUT2D eigenvalue weighted by Gasteiger charge is -2.09. The molecule has 0 unspecified atom stereocenters. The van der Waals surface area contributed by atoms with Gasteiger partial charge in [0.05, 0.1) is 11.3 Å². The first-order valence-electron chi connectivity index (χ1n) is 5.62. The molecule has 6 nitrogen and oxygen atoms in total. The monoisotopic (exact) mass is 246 g/mol. The minimum Gasteiger partial charge on any atom is -0.383 e. The Labute approximate surface area is 104 Å². The summed E-state index contributed by atoms with van der Waals surface area (Å²) in [5.41, 5.74) is 1.60. The molecule has 0 atom stereocenters. The van der Waals surface area contributed by atoms with Crippen LogP contribution in [0.2, 0.25) is 0 Å². The van der Waals surface area contributed by atoms with Crippen LogP contribution >= 0.6 is 0 Å². The lowest BCUT2D eigenvalue weighted by Crippen LogP contribution is -2.10. The van der Waals surface area contributed by atoms with Crippen LogP contribution < -0.4 is 5.32 Å². The van der Waals surface area contributed by atoms with Crippen molar-refractivity contribution in [2.75, 3.05) is 11.9 Å². The molecule has 0 saturated carbocycles. The number of hydrogen-bond acceptors (Lipinski definition) is 4. The number of benzene rings is 1. The molecule has 1 heterocycles. The van der Waals surface area contributed by atoms with E-state index in [1.807, 2.05) is 16.8 Å². The summed E-state index contributed by atoms with van der Waals surface area (Å²) < 4.78 is 1.94. The van der Waals surface area contributed by atoms with Crippen LogP contribution in [0.4, 0.5) is 11.4 Å². The van der Waals surface area contributed by atoms with Gasteiger partial charge in [-0.3, -0.25) is 10.1 Å². The van der Waals surface area contributed by atoms with Gasteiger partial charge >= 0.3 is 0 Å². The van der Waals surface area contributed by atoms with E-state index in [1.165, 1.54) is 6.07 Å². The Morgan fingerprint density at radius 1 is 1.50 bits per heavy atom. The van der Waals surface area contributed by atoms with E-state index in [9.17, 15) is 10.1 Å². The van der Waals surface area contributed by atoms with E-state index < -0.39 is 0 Å². The Hall–Kier alpha value is -2.37. The molecule has 1 N–H and O–H groups in total. The molecule has 94 valence electrons. The van der Waals surface area contributed by atoms with E-state index in [2.05, 4.69) is 10.3 Å². The molecule has 1 aromatic heterocycles. The van der Waals surface area contributed by atoms with Crippen molar-refractivity contribution in [2.24, 2.45) is 0 Å². The molecule has 0 bridgehead atoms. The van der Waals surface area contributed by atoms with Gasteiger partial charge in [-0.2, -0.15) is 0 Å². The molecular weight excluding hydrogens is 232 g/mol. The van der Waals surface area contributed by atoms with Crippen LogP contribution in [0.5, 0.6) is 0 Å². The minimum absolute atomic E-state index is 0.141. The Morgan fingerprint density at radius 3 is 3.00 bits per heavy atom. The molecule has 0 radical (unpaired) electrons. The van der Waals surface area contributed by atoms with Gasteiger partial charge in [-0.1, -0.05) is 6.07 Å². The van der Waals surface area contributed by atoms with E-state index >= 15 is 0 Å². The van der Waals surface area contributed by atoms with Crippen molar-refractivity contribution in [1.82, 2.24) is 9.55 Å². The molecule has 0 aliphatic heterocycles. The van der Waals surface area contributed by atoms with Crippen LogP contribution in [-0.4, -0.2) is 21.0 Å². The van der Waals surface area contributed by atoms with Crippen molar-refractivity contribution in [1.29, 1.82) is 0 Å². The number of aromatic nitrogens is 2. The first kappa shape index (κ1) is 12.1. The number of anilines is 1. The van der Waals surface area contributed by atoms with Gasteiger partial charge in [-0.25, -0.2) is 4.98 Å². The molecule has 2 aromatic rings. The molecule has 0 fully saturated rings. The summed E-state index contributed by atoms with van der Waals surface area (Å²) in [7, 11) is 0. The van der Waals surface area contributed by atoms with Crippen molar-refractivity contribution in [3.63, 3.8) is 0 Å². The summed E-state index contributed by atoms with van der Waals surface area (Å²) in [4.78, 5) is 14.4. The average molecular weight is 246 g/mol. The van der Waals surface area contributed by atoms with Gasteiger partial charge in [-0.05, 0) is 13.0 Å². The first-order valence-corrected chi connectivity index (χ1v) is 5.62. The fourth-order valence-corrected chi connectivity index (χ4v) is 1.75. The van der Waals surface area contributed by atoms with Crippen molar-refractivity contribution >= 4 is 11.4 Å². The molecule has 1 aromatic carbocycles. The lowest BCUT2D eigenvalue weighted by molar-refractivity contribution is -0.385. The highest BCUT2D eigenvalue weighted by atomic mass is 16.6. The zero-order valence-electron chi connectivity index (χ0n) is 10.0. The Bertz CT molecular complexity index is 537. The summed E-state index contributed by atoms with van der Waals surface area (Å²) in [6, 6.07) is 5.04. The summed E-state index contributed by atoms with van der Waals surface area (Å²) in [5, 5.41) is 14.0. The molecular formula is C12H14N4O2. The van der Waals surface area contributed by atoms with Gasteiger partial charge in [0.1, 0.15) is 0 Å². The van der Waals surface area contributed by atoms with Gasteiger partial charge in [0.2, 0.25) is 0 Å². The topological polar surface area (TPSA) is 73.0 Å². The fourth-order valence-electron chi connectivity index (χ4n) is 1.75. The van der Waals surface area contributed by atoms with Gasteiger partial charge in [-0.15, -0.1) is 0 Å². The second kappa shape index (κ2) is 5.31. The zero-order valence-corrected chi connectivity index (χ0v) is 10.0. The van der Waals surface area contributed by atoms with Crippen LogP contribution in [0.15, 0.2) is 36.9 Å². The van der Waals surface area contributed by atoms with E-state index in [4.69, 9.17) is 0 Å². The van der Waals surface area contributed by atoms with Crippen LogP contribution in [0.25, 0.3) is 0 Å². The highest BCUT2D eigenvalue weighted by Gasteiger charge is 2.12. The zero-order chi connectivity index (χ0) is 13.0. The second-order valence-electron chi connectivity index (χ2n) is 3.93. The average Bonchev–Trinajstić information content (AvgIpc) is 2.84. The Balaban J connectivity index is 2.01. The largest absolute Gasteiger partial charge is 0.383 e. The van der Waals surface area contributed by atoms with Gasteiger partial charge in [0.15, 0.2) is 0 Å². The second-order valence-corrected chi connectivity index (χ2v) is 3.93. The number of nitro groups is 1. The van der Waals surface area contributed by atoms with Crippen LogP contribution in [0.1, 0.15) is 5.56 Å². The van der Waals surface area contributed by atoms with Crippen molar-refractivity contribution < 1.29 is 4.92 Å². The molecule has 6 heteroatoms. The highest BCUT2D eigenvalue weighted by molar-refractivity contribution is 5.59.